The first-order chi connectivity index (χ1) is 11.6. The Kier molecular flexibility index (Phi) is 6.61. The van der Waals surface area contributed by atoms with Crippen molar-refractivity contribution >= 4 is 23.2 Å². The van der Waals surface area contributed by atoms with E-state index in [1.54, 1.807) is 30.1 Å². The van der Waals surface area contributed by atoms with Crippen molar-refractivity contribution in [3.8, 4) is 5.75 Å². The van der Waals surface area contributed by atoms with E-state index < -0.39 is 6.04 Å². The van der Waals surface area contributed by atoms with Crippen LogP contribution in [0.1, 0.15) is 11.6 Å². The van der Waals surface area contributed by atoms with Crippen molar-refractivity contribution in [2.75, 3.05) is 32.6 Å². The molecular formula is C18H21ClN2O3. The second-order valence-electron chi connectivity index (χ2n) is 5.36. The fourth-order valence-electron chi connectivity index (χ4n) is 2.48. The van der Waals surface area contributed by atoms with Crippen molar-refractivity contribution < 1.29 is 14.6 Å². The summed E-state index contributed by atoms with van der Waals surface area (Å²) in [5.41, 5.74) is 1.44. The summed E-state index contributed by atoms with van der Waals surface area (Å²) < 4.78 is 5.11. The fourth-order valence-corrected chi connectivity index (χ4v) is 2.74. The van der Waals surface area contributed by atoms with Crippen molar-refractivity contribution in [3.63, 3.8) is 0 Å². The predicted molar refractivity (Wildman–Crippen MR) is 95.5 cm³/mol. The molecule has 0 saturated heterocycles. The summed E-state index contributed by atoms with van der Waals surface area (Å²) in [7, 11) is 3.34. The summed E-state index contributed by atoms with van der Waals surface area (Å²) in [4.78, 5) is 14.6. The van der Waals surface area contributed by atoms with Gasteiger partial charge in [-0.05, 0) is 30.8 Å². The highest BCUT2D eigenvalue weighted by molar-refractivity contribution is 6.32. The molecule has 1 atom stereocenters. The molecule has 24 heavy (non-hydrogen) atoms. The first-order valence-corrected chi connectivity index (χ1v) is 7.95. The number of nitrogens with zero attached hydrogens (tertiary/aromatic N) is 1. The number of aliphatic hydroxyl groups excluding tert-OH is 1. The number of benzene rings is 2. The Bertz CT molecular complexity index is 679. The maximum atomic E-state index is 12.8. The molecule has 0 aliphatic rings. The zero-order valence-corrected chi connectivity index (χ0v) is 14.5. The van der Waals surface area contributed by atoms with Gasteiger partial charge in [-0.3, -0.25) is 9.69 Å². The predicted octanol–water partition coefficient (Wildman–Crippen LogP) is 2.95. The fraction of sp³-hybridized carbons (Fsp3) is 0.278. The van der Waals surface area contributed by atoms with Gasteiger partial charge in [-0.15, -0.1) is 0 Å². The Morgan fingerprint density at radius 3 is 2.58 bits per heavy atom. The van der Waals surface area contributed by atoms with Gasteiger partial charge in [-0.25, -0.2) is 0 Å². The Labute approximate surface area is 146 Å². The van der Waals surface area contributed by atoms with E-state index in [0.29, 0.717) is 23.0 Å². The number of amides is 1. The number of ether oxygens (including phenoxy) is 1. The van der Waals surface area contributed by atoms with E-state index in [-0.39, 0.29) is 12.5 Å². The van der Waals surface area contributed by atoms with Crippen molar-refractivity contribution in [1.29, 1.82) is 0 Å². The summed E-state index contributed by atoms with van der Waals surface area (Å²) >= 11 is 6.10. The summed E-state index contributed by atoms with van der Waals surface area (Å²) in [5.74, 6) is 0.352. The summed E-state index contributed by atoms with van der Waals surface area (Å²) in [6.45, 7) is 0.359. The molecule has 2 aromatic rings. The minimum absolute atomic E-state index is 0.0263. The average molecular weight is 349 g/mol. The number of aliphatic hydroxyl groups is 1. The van der Waals surface area contributed by atoms with E-state index in [9.17, 15) is 9.90 Å². The van der Waals surface area contributed by atoms with Gasteiger partial charge in [0, 0.05) is 12.2 Å². The van der Waals surface area contributed by atoms with Gasteiger partial charge < -0.3 is 15.2 Å². The number of halogens is 1. The van der Waals surface area contributed by atoms with Crippen LogP contribution >= 0.6 is 11.6 Å². The van der Waals surface area contributed by atoms with E-state index >= 15 is 0 Å². The maximum absolute atomic E-state index is 12.8. The lowest BCUT2D eigenvalue weighted by atomic mass is 10.0. The molecule has 5 nitrogen and oxygen atoms in total. The molecule has 6 heteroatoms. The normalized spacial score (nSPS) is 12.0. The van der Waals surface area contributed by atoms with Crippen LogP contribution in [0.15, 0.2) is 48.5 Å². The molecule has 0 fully saturated rings. The molecule has 0 radical (unpaired) electrons. The Morgan fingerprint density at radius 1 is 1.29 bits per heavy atom. The third-order valence-electron chi connectivity index (χ3n) is 3.68. The smallest absolute Gasteiger partial charge is 0.246 e. The minimum atomic E-state index is -0.515. The van der Waals surface area contributed by atoms with E-state index in [2.05, 4.69) is 5.32 Å². The number of hydrogen-bond acceptors (Lipinski definition) is 4. The maximum Gasteiger partial charge on any atom is 0.246 e. The molecule has 0 heterocycles. The standard InChI is InChI=1S/C18H21ClN2O3/c1-21(10-11-22)17(13-6-4-3-5-7-13)18(23)20-14-8-9-16(24-2)15(19)12-14/h3-9,12,17,22H,10-11H2,1-2H3,(H,20,23). The monoisotopic (exact) mass is 348 g/mol. The SMILES string of the molecule is COc1ccc(NC(=O)C(c2ccccc2)N(C)CCO)cc1Cl. The van der Waals surface area contributed by atoms with Crippen LogP contribution in [0.5, 0.6) is 5.75 Å². The molecule has 0 spiro atoms. The molecule has 0 aliphatic carbocycles. The van der Waals surface area contributed by atoms with Gasteiger partial charge in [0.25, 0.3) is 0 Å². The van der Waals surface area contributed by atoms with E-state index in [1.165, 1.54) is 7.11 Å². The van der Waals surface area contributed by atoms with Gasteiger partial charge in [-0.1, -0.05) is 41.9 Å². The lowest BCUT2D eigenvalue weighted by Crippen LogP contribution is -2.36. The first-order valence-electron chi connectivity index (χ1n) is 7.57. The molecular weight excluding hydrogens is 328 g/mol. The van der Waals surface area contributed by atoms with E-state index in [0.717, 1.165) is 5.56 Å². The van der Waals surface area contributed by atoms with Crippen LogP contribution in [0.4, 0.5) is 5.69 Å². The molecule has 0 aliphatic heterocycles. The van der Waals surface area contributed by atoms with Gasteiger partial charge in [0.15, 0.2) is 0 Å². The van der Waals surface area contributed by atoms with Gasteiger partial charge in [0.2, 0.25) is 5.91 Å². The number of hydrogen-bond donors (Lipinski definition) is 2. The molecule has 2 rings (SSSR count). The van der Waals surface area contributed by atoms with Crippen molar-refractivity contribution in [2.24, 2.45) is 0 Å². The number of likely N-dealkylation sites (N-methyl/N-ethyl adjacent to an activating group) is 1. The van der Waals surface area contributed by atoms with Crippen LogP contribution in [-0.2, 0) is 4.79 Å². The molecule has 1 amide bonds. The quantitative estimate of drug-likeness (QED) is 0.807. The average Bonchev–Trinajstić information content (AvgIpc) is 2.56. The van der Waals surface area contributed by atoms with Crippen molar-refractivity contribution in [2.45, 2.75) is 6.04 Å². The highest BCUT2D eigenvalue weighted by atomic mass is 35.5. The molecule has 0 bridgehead atoms. The molecule has 2 aromatic carbocycles. The number of rotatable bonds is 7. The summed E-state index contributed by atoms with van der Waals surface area (Å²) in [5, 5.41) is 12.5. The van der Waals surface area contributed by atoms with Crippen LogP contribution in [0.3, 0.4) is 0 Å². The van der Waals surface area contributed by atoms with Gasteiger partial charge in [0.1, 0.15) is 11.8 Å². The third-order valence-corrected chi connectivity index (χ3v) is 3.97. The highest BCUT2D eigenvalue weighted by Crippen LogP contribution is 2.28. The largest absolute Gasteiger partial charge is 0.495 e. The summed E-state index contributed by atoms with van der Waals surface area (Å²) in [6.07, 6.45) is 0. The number of nitrogens with one attached hydrogen (secondary N) is 1. The van der Waals surface area contributed by atoms with Crippen LogP contribution in [0.25, 0.3) is 0 Å². The van der Waals surface area contributed by atoms with Gasteiger partial charge in [0.05, 0.1) is 18.7 Å². The number of anilines is 1. The molecule has 128 valence electrons. The molecule has 0 aromatic heterocycles. The van der Waals surface area contributed by atoms with Crippen LogP contribution in [0, 0.1) is 0 Å². The topological polar surface area (TPSA) is 61.8 Å². The zero-order chi connectivity index (χ0) is 17.5. The highest BCUT2D eigenvalue weighted by Gasteiger charge is 2.25. The zero-order valence-electron chi connectivity index (χ0n) is 13.7. The van der Waals surface area contributed by atoms with Crippen LogP contribution < -0.4 is 10.1 Å². The minimum Gasteiger partial charge on any atom is -0.495 e. The lowest BCUT2D eigenvalue weighted by molar-refractivity contribution is -0.121. The number of carbonyl (C=O) groups is 1. The van der Waals surface area contributed by atoms with Crippen LogP contribution in [0.2, 0.25) is 5.02 Å². The first kappa shape index (κ1) is 18.3. The molecule has 0 saturated carbocycles. The number of methoxy groups -OCH3 is 1. The van der Waals surface area contributed by atoms with Gasteiger partial charge >= 0.3 is 0 Å². The lowest BCUT2D eigenvalue weighted by Gasteiger charge is -2.27. The number of carbonyl (C=O) groups excluding carboxylic acids is 1. The van der Waals surface area contributed by atoms with Gasteiger partial charge in [-0.2, -0.15) is 0 Å². The van der Waals surface area contributed by atoms with Crippen molar-refractivity contribution in [3.05, 3.63) is 59.1 Å². The Balaban J connectivity index is 2.23. The third kappa shape index (κ3) is 4.47. The summed E-state index contributed by atoms with van der Waals surface area (Å²) in [6, 6.07) is 14.0. The second kappa shape index (κ2) is 8.68. The Hall–Kier alpha value is -2.08. The van der Waals surface area contributed by atoms with Crippen LogP contribution in [-0.4, -0.2) is 43.2 Å². The molecule has 2 N–H and O–H groups in total. The molecule has 1 unspecified atom stereocenters. The second-order valence-corrected chi connectivity index (χ2v) is 5.76. The Morgan fingerprint density at radius 2 is 2.00 bits per heavy atom. The van der Waals surface area contributed by atoms with E-state index in [4.69, 9.17) is 16.3 Å². The van der Waals surface area contributed by atoms with E-state index in [1.807, 2.05) is 30.3 Å². The van der Waals surface area contributed by atoms with Crippen molar-refractivity contribution in [1.82, 2.24) is 4.90 Å².